The van der Waals surface area contributed by atoms with Crippen LogP contribution >= 0.6 is 0 Å². The van der Waals surface area contributed by atoms with Gasteiger partial charge in [0, 0.05) is 22.9 Å². The van der Waals surface area contributed by atoms with Crippen molar-refractivity contribution in [2.45, 2.75) is 56.5 Å². The summed E-state index contributed by atoms with van der Waals surface area (Å²) in [5.74, 6) is 0.804. The largest absolute Gasteiger partial charge is 0.493 e. The van der Waals surface area contributed by atoms with E-state index in [0.29, 0.717) is 39.8 Å². The fourth-order valence-corrected chi connectivity index (χ4v) is 5.74. The van der Waals surface area contributed by atoms with Crippen LogP contribution in [0.15, 0.2) is 60.9 Å². The number of carbonyl (C=O) groups is 1. The predicted octanol–water partition coefficient (Wildman–Crippen LogP) is 4.43. The Labute approximate surface area is 247 Å². The molecule has 11 heteroatoms. The van der Waals surface area contributed by atoms with Gasteiger partial charge in [-0.15, -0.1) is 5.10 Å². The number of nitrogens with zero attached hydrogens (tertiary/aromatic N) is 4. The highest BCUT2D eigenvalue weighted by Crippen LogP contribution is 2.50. The number of hydrogen-bond donors (Lipinski definition) is 2. The summed E-state index contributed by atoms with van der Waals surface area (Å²) >= 11 is 0. The second-order valence-corrected chi connectivity index (χ2v) is 11.5. The van der Waals surface area contributed by atoms with Gasteiger partial charge in [0.1, 0.15) is 29.3 Å². The number of benzene rings is 2. The Morgan fingerprint density at radius 1 is 1.14 bits per heavy atom. The number of halogens is 1. The molecular weight excluding hydrogens is 553 g/mol. The van der Waals surface area contributed by atoms with E-state index in [9.17, 15) is 14.3 Å². The normalized spacial score (nSPS) is 20.6. The molecule has 2 aromatic heterocycles. The van der Waals surface area contributed by atoms with Gasteiger partial charge in [-0.1, -0.05) is 5.21 Å². The van der Waals surface area contributed by atoms with Gasteiger partial charge in [0.25, 0.3) is 5.91 Å². The maximum atomic E-state index is 13.8. The first-order valence-electron chi connectivity index (χ1n) is 14.5. The van der Waals surface area contributed by atoms with Crippen LogP contribution in [0.4, 0.5) is 4.39 Å². The van der Waals surface area contributed by atoms with Crippen LogP contribution in [-0.4, -0.2) is 56.9 Å². The average Bonchev–Trinajstić information content (AvgIpc) is 3.94. The number of carbonyl (C=O) groups excluding carboxylic acids is 1. The monoisotopic (exact) mass is 585 g/mol. The van der Waals surface area contributed by atoms with Crippen molar-refractivity contribution in [3.8, 4) is 28.5 Å². The lowest BCUT2D eigenvalue weighted by Gasteiger charge is -2.29. The van der Waals surface area contributed by atoms with Crippen molar-refractivity contribution >= 4 is 5.91 Å². The molecule has 7 rings (SSSR count). The van der Waals surface area contributed by atoms with Crippen LogP contribution in [0.5, 0.6) is 17.2 Å². The van der Waals surface area contributed by atoms with Crippen molar-refractivity contribution < 1.29 is 28.5 Å². The van der Waals surface area contributed by atoms with E-state index in [2.05, 4.69) is 15.6 Å². The Morgan fingerprint density at radius 3 is 2.60 bits per heavy atom. The first-order chi connectivity index (χ1) is 20.8. The Morgan fingerprint density at radius 2 is 1.93 bits per heavy atom. The second-order valence-electron chi connectivity index (χ2n) is 11.5. The van der Waals surface area contributed by atoms with Gasteiger partial charge < -0.3 is 24.6 Å². The Bertz CT molecular complexity index is 1660. The van der Waals surface area contributed by atoms with Gasteiger partial charge in [0.15, 0.2) is 17.2 Å². The molecule has 4 aromatic rings. The molecule has 10 nitrogen and oxygen atoms in total. The van der Waals surface area contributed by atoms with E-state index in [1.165, 1.54) is 19.2 Å². The van der Waals surface area contributed by atoms with E-state index in [-0.39, 0.29) is 42.4 Å². The summed E-state index contributed by atoms with van der Waals surface area (Å²) in [6.07, 6.45) is 6.85. The minimum Gasteiger partial charge on any atom is -0.493 e. The van der Waals surface area contributed by atoms with Crippen LogP contribution < -0.4 is 19.5 Å². The fourth-order valence-electron chi connectivity index (χ4n) is 5.74. The number of hydrogen-bond acceptors (Lipinski definition) is 8. The van der Waals surface area contributed by atoms with E-state index in [1.807, 2.05) is 13.0 Å². The average molecular weight is 586 g/mol. The molecule has 1 aliphatic heterocycles. The smallest absolute Gasteiger partial charge is 0.251 e. The van der Waals surface area contributed by atoms with Gasteiger partial charge in [-0.3, -0.25) is 4.79 Å². The summed E-state index contributed by atoms with van der Waals surface area (Å²) in [5.41, 5.74) is 1.25. The minimum absolute atomic E-state index is 0.0574. The SMILES string of the molecule is COc1cc(C(=O)NCC(O)(c2cc3c(c(-c4ccc(F)cc4)n2)OC(C)[C@@H]3n2ccnn2)C2CC2)ccc1OC1CC1. The molecule has 0 saturated heterocycles. The number of aromatic nitrogens is 4. The zero-order valence-corrected chi connectivity index (χ0v) is 23.9. The van der Waals surface area contributed by atoms with Gasteiger partial charge in [0.2, 0.25) is 0 Å². The number of nitrogens with one attached hydrogen (secondary N) is 1. The van der Waals surface area contributed by atoms with Gasteiger partial charge >= 0.3 is 0 Å². The molecule has 43 heavy (non-hydrogen) atoms. The Kier molecular flexibility index (Phi) is 6.76. The third-order valence-corrected chi connectivity index (χ3v) is 8.37. The Hall–Kier alpha value is -4.51. The molecule has 1 amide bonds. The molecule has 2 aliphatic carbocycles. The number of pyridine rings is 1. The molecule has 2 aromatic carbocycles. The molecule has 0 spiro atoms. The lowest BCUT2D eigenvalue weighted by molar-refractivity contribution is 0.00948. The summed E-state index contributed by atoms with van der Waals surface area (Å²) in [6.45, 7) is 1.88. The first-order valence-corrected chi connectivity index (χ1v) is 14.5. The van der Waals surface area contributed by atoms with E-state index in [1.54, 1.807) is 47.4 Å². The number of amides is 1. The van der Waals surface area contributed by atoms with Crippen molar-refractivity contribution in [3.63, 3.8) is 0 Å². The van der Waals surface area contributed by atoms with Gasteiger partial charge in [-0.05, 0) is 87.1 Å². The molecule has 2 saturated carbocycles. The number of methoxy groups -OCH3 is 1. The number of fused-ring (bicyclic) bond motifs is 1. The zero-order valence-electron chi connectivity index (χ0n) is 23.9. The molecule has 0 bridgehead atoms. The molecule has 222 valence electrons. The highest BCUT2D eigenvalue weighted by atomic mass is 19.1. The molecule has 3 heterocycles. The lowest BCUT2D eigenvalue weighted by atomic mass is 9.89. The minimum atomic E-state index is -1.46. The van der Waals surface area contributed by atoms with Gasteiger partial charge in [-0.2, -0.15) is 0 Å². The van der Waals surface area contributed by atoms with Crippen molar-refractivity contribution in [1.29, 1.82) is 0 Å². The quantitative estimate of drug-likeness (QED) is 0.281. The first kappa shape index (κ1) is 27.3. The van der Waals surface area contributed by atoms with Crippen LogP contribution in [0.1, 0.15) is 60.3 Å². The van der Waals surface area contributed by atoms with Crippen molar-refractivity contribution in [2.24, 2.45) is 5.92 Å². The topological polar surface area (TPSA) is 121 Å². The Balaban J connectivity index is 1.23. The van der Waals surface area contributed by atoms with E-state index in [0.717, 1.165) is 31.2 Å². The third kappa shape index (κ3) is 5.18. The van der Waals surface area contributed by atoms with Gasteiger partial charge in [0.05, 0.1) is 31.6 Å². The van der Waals surface area contributed by atoms with Crippen LogP contribution in [0.25, 0.3) is 11.3 Å². The van der Waals surface area contributed by atoms with Crippen LogP contribution in [0.2, 0.25) is 0 Å². The lowest BCUT2D eigenvalue weighted by Crippen LogP contribution is -2.43. The molecule has 0 radical (unpaired) electrons. The maximum absolute atomic E-state index is 13.8. The molecule has 2 fully saturated rings. The van der Waals surface area contributed by atoms with Crippen LogP contribution in [-0.2, 0) is 5.60 Å². The second kappa shape index (κ2) is 10.6. The summed E-state index contributed by atoms with van der Waals surface area (Å²) in [5, 5.41) is 23.4. The van der Waals surface area contributed by atoms with Crippen LogP contribution in [0, 0.1) is 11.7 Å². The van der Waals surface area contributed by atoms with Crippen LogP contribution in [0.3, 0.4) is 0 Å². The number of aliphatic hydroxyl groups is 1. The maximum Gasteiger partial charge on any atom is 0.251 e. The van der Waals surface area contributed by atoms with Crippen molar-refractivity contribution in [2.75, 3.05) is 13.7 Å². The third-order valence-electron chi connectivity index (χ3n) is 8.37. The zero-order chi connectivity index (χ0) is 29.7. The number of rotatable bonds is 10. The molecule has 2 unspecified atom stereocenters. The molecule has 2 N–H and O–H groups in total. The van der Waals surface area contributed by atoms with Crippen molar-refractivity contribution in [3.05, 3.63) is 83.6 Å². The number of ether oxygens (including phenoxy) is 3. The van der Waals surface area contributed by atoms with E-state index >= 15 is 0 Å². The standard InChI is InChI=1S/C32H32FN5O5/c1-18-29(38-14-13-35-37-38)24-16-27(36-28(30(24)42-18)19-3-8-22(33)9-4-19)32(40,21-6-7-21)17-34-31(39)20-5-12-25(26(15-20)41-2)43-23-10-11-23/h3-5,8-9,12-16,18,21,23,29,40H,6-7,10-11,17H2,1-2H3,(H,34,39)/t18?,29-,32?/m0/s1. The van der Waals surface area contributed by atoms with Crippen molar-refractivity contribution in [1.82, 2.24) is 25.3 Å². The van der Waals surface area contributed by atoms with E-state index in [4.69, 9.17) is 19.2 Å². The summed E-state index contributed by atoms with van der Waals surface area (Å²) in [6, 6.07) is 12.6. The summed E-state index contributed by atoms with van der Waals surface area (Å²) in [4.78, 5) is 18.2. The molecule has 3 atom stereocenters. The molecule has 3 aliphatic rings. The fraction of sp³-hybridized carbons (Fsp3) is 0.375. The summed E-state index contributed by atoms with van der Waals surface area (Å²) < 4.78 is 33.2. The predicted molar refractivity (Wildman–Crippen MR) is 153 cm³/mol. The van der Waals surface area contributed by atoms with E-state index < -0.39 is 5.60 Å². The highest BCUT2D eigenvalue weighted by molar-refractivity contribution is 5.95. The summed E-state index contributed by atoms with van der Waals surface area (Å²) in [7, 11) is 1.54. The highest BCUT2D eigenvalue weighted by Gasteiger charge is 2.48. The van der Waals surface area contributed by atoms with Gasteiger partial charge in [-0.25, -0.2) is 14.1 Å². The molecular formula is C32H32FN5O5.